The summed E-state index contributed by atoms with van der Waals surface area (Å²) >= 11 is 0. The Kier molecular flexibility index (Phi) is 4.20. The maximum atomic E-state index is 12.6. The SMILES string of the molecule is CCc1cc(CC)c(C(=O)c2ccco2)c(CC)c1. The zero-order chi connectivity index (χ0) is 13.8. The smallest absolute Gasteiger partial charge is 0.228 e. The van der Waals surface area contributed by atoms with Gasteiger partial charge < -0.3 is 4.42 Å². The van der Waals surface area contributed by atoms with Gasteiger partial charge in [-0.25, -0.2) is 0 Å². The molecule has 2 rings (SSSR count). The molecule has 0 N–H and O–H groups in total. The van der Waals surface area contributed by atoms with Crippen LogP contribution in [-0.2, 0) is 19.3 Å². The summed E-state index contributed by atoms with van der Waals surface area (Å²) in [7, 11) is 0. The van der Waals surface area contributed by atoms with Crippen LogP contribution in [0.3, 0.4) is 0 Å². The van der Waals surface area contributed by atoms with Crippen molar-refractivity contribution in [2.75, 3.05) is 0 Å². The molecule has 2 aromatic rings. The highest BCUT2D eigenvalue weighted by Gasteiger charge is 2.19. The summed E-state index contributed by atoms with van der Waals surface area (Å²) in [5, 5.41) is 0. The highest BCUT2D eigenvalue weighted by molar-refractivity contribution is 6.09. The molecule has 1 aromatic carbocycles. The maximum absolute atomic E-state index is 12.6. The number of carbonyl (C=O) groups is 1. The van der Waals surface area contributed by atoms with Gasteiger partial charge in [-0.3, -0.25) is 4.79 Å². The fraction of sp³-hybridized carbons (Fsp3) is 0.353. The highest BCUT2D eigenvalue weighted by Crippen LogP contribution is 2.23. The molecule has 0 radical (unpaired) electrons. The summed E-state index contributed by atoms with van der Waals surface area (Å²) in [6.45, 7) is 6.32. The fourth-order valence-electron chi connectivity index (χ4n) is 2.42. The summed E-state index contributed by atoms with van der Waals surface area (Å²) in [4.78, 5) is 12.6. The van der Waals surface area contributed by atoms with E-state index in [1.165, 1.54) is 5.56 Å². The number of hydrogen-bond donors (Lipinski definition) is 0. The van der Waals surface area contributed by atoms with Gasteiger partial charge in [0.2, 0.25) is 5.78 Å². The molecule has 0 spiro atoms. The van der Waals surface area contributed by atoms with E-state index in [0.717, 1.165) is 36.0 Å². The summed E-state index contributed by atoms with van der Waals surface area (Å²) in [5.41, 5.74) is 4.37. The van der Waals surface area contributed by atoms with Crippen molar-refractivity contribution in [1.29, 1.82) is 0 Å². The monoisotopic (exact) mass is 256 g/mol. The molecule has 0 fully saturated rings. The molecule has 0 atom stereocenters. The van der Waals surface area contributed by atoms with Crippen LogP contribution in [0.15, 0.2) is 34.9 Å². The second-order valence-electron chi connectivity index (χ2n) is 4.66. The maximum Gasteiger partial charge on any atom is 0.228 e. The molecular formula is C17H20O2. The van der Waals surface area contributed by atoms with Crippen molar-refractivity contribution in [2.24, 2.45) is 0 Å². The first-order valence-electron chi connectivity index (χ1n) is 6.94. The molecule has 1 heterocycles. The van der Waals surface area contributed by atoms with Crippen molar-refractivity contribution in [3.8, 4) is 0 Å². The van der Waals surface area contributed by atoms with E-state index in [4.69, 9.17) is 4.42 Å². The summed E-state index contributed by atoms with van der Waals surface area (Å²) in [6, 6.07) is 7.78. The van der Waals surface area contributed by atoms with E-state index in [0.29, 0.717) is 5.76 Å². The highest BCUT2D eigenvalue weighted by atomic mass is 16.3. The van der Waals surface area contributed by atoms with Crippen LogP contribution < -0.4 is 0 Å². The molecule has 0 unspecified atom stereocenters. The van der Waals surface area contributed by atoms with Crippen molar-refractivity contribution in [1.82, 2.24) is 0 Å². The molecule has 0 saturated carbocycles. The molecule has 0 aliphatic rings. The van der Waals surface area contributed by atoms with Crippen LogP contribution in [0, 0.1) is 0 Å². The van der Waals surface area contributed by atoms with E-state index in [9.17, 15) is 4.79 Å². The van der Waals surface area contributed by atoms with Crippen LogP contribution >= 0.6 is 0 Å². The third-order valence-corrected chi connectivity index (χ3v) is 3.50. The quantitative estimate of drug-likeness (QED) is 0.750. The van der Waals surface area contributed by atoms with Crippen molar-refractivity contribution in [3.05, 3.63) is 58.5 Å². The molecule has 1 aromatic heterocycles. The van der Waals surface area contributed by atoms with Gasteiger partial charge in [-0.15, -0.1) is 0 Å². The van der Waals surface area contributed by atoms with Gasteiger partial charge in [-0.1, -0.05) is 32.9 Å². The predicted molar refractivity (Wildman–Crippen MR) is 76.7 cm³/mol. The van der Waals surface area contributed by atoms with Crippen LogP contribution in [0.5, 0.6) is 0 Å². The van der Waals surface area contributed by atoms with Crippen LogP contribution in [0.25, 0.3) is 0 Å². The minimum absolute atomic E-state index is 0.00125. The number of aryl methyl sites for hydroxylation is 3. The van der Waals surface area contributed by atoms with Gasteiger partial charge in [0.25, 0.3) is 0 Å². The van der Waals surface area contributed by atoms with Crippen molar-refractivity contribution < 1.29 is 9.21 Å². The third-order valence-electron chi connectivity index (χ3n) is 3.50. The molecule has 2 heteroatoms. The lowest BCUT2D eigenvalue weighted by atomic mass is 9.90. The summed E-state index contributed by atoms with van der Waals surface area (Å²) in [5.74, 6) is 0.426. The molecule has 100 valence electrons. The summed E-state index contributed by atoms with van der Waals surface area (Å²) in [6.07, 6.45) is 4.27. The second kappa shape index (κ2) is 5.87. The van der Waals surface area contributed by atoms with E-state index < -0.39 is 0 Å². The van der Waals surface area contributed by atoms with Crippen molar-refractivity contribution in [3.63, 3.8) is 0 Å². The van der Waals surface area contributed by atoms with Gasteiger partial charge in [-0.05, 0) is 48.1 Å². The second-order valence-corrected chi connectivity index (χ2v) is 4.66. The molecule has 0 aliphatic heterocycles. The number of benzene rings is 1. The zero-order valence-corrected chi connectivity index (χ0v) is 11.8. The topological polar surface area (TPSA) is 30.2 Å². The van der Waals surface area contributed by atoms with Crippen LogP contribution in [-0.4, -0.2) is 5.78 Å². The minimum atomic E-state index is 0.00125. The van der Waals surface area contributed by atoms with E-state index in [1.807, 2.05) is 0 Å². The van der Waals surface area contributed by atoms with Gasteiger partial charge in [0.1, 0.15) is 0 Å². The van der Waals surface area contributed by atoms with Crippen LogP contribution in [0.4, 0.5) is 0 Å². The predicted octanol–water partition coefficient (Wildman–Crippen LogP) is 4.20. The minimum Gasteiger partial charge on any atom is -0.461 e. The first kappa shape index (κ1) is 13.6. The Morgan fingerprint density at radius 2 is 1.68 bits per heavy atom. The van der Waals surface area contributed by atoms with Gasteiger partial charge in [-0.2, -0.15) is 0 Å². The van der Waals surface area contributed by atoms with Crippen LogP contribution in [0.2, 0.25) is 0 Å². The lowest BCUT2D eigenvalue weighted by Crippen LogP contribution is -2.09. The Balaban J connectivity index is 2.57. The first-order chi connectivity index (χ1) is 9.21. The fourth-order valence-corrected chi connectivity index (χ4v) is 2.42. The standard InChI is InChI=1S/C17H20O2/c1-4-12-10-13(5-2)16(14(6-3)11-12)17(18)15-8-7-9-19-15/h7-11H,4-6H2,1-3H3. The van der Waals surface area contributed by atoms with E-state index >= 15 is 0 Å². The Bertz CT molecular complexity index is 540. The van der Waals surface area contributed by atoms with Crippen molar-refractivity contribution >= 4 is 5.78 Å². The Morgan fingerprint density at radius 3 is 2.11 bits per heavy atom. The number of hydrogen-bond acceptors (Lipinski definition) is 2. The van der Waals surface area contributed by atoms with E-state index in [-0.39, 0.29) is 5.78 Å². The molecule has 0 bridgehead atoms. The Labute approximate surface area is 114 Å². The average molecular weight is 256 g/mol. The Hall–Kier alpha value is -1.83. The lowest BCUT2D eigenvalue weighted by Gasteiger charge is -2.13. The number of ketones is 1. The largest absolute Gasteiger partial charge is 0.461 e. The van der Waals surface area contributed by atoms with Gasteiger partial charge >= 0.3 is 0 Å². The third kappa shape index (κ3) is 2.62. The van der Waals surface area contributed by atoms with Crippen molar-refractivity contribution in [2.45, 2.75) is 40.0 Å². The first-order valence-corrected chi connectivity index (χ1v) is 6.94. The van der Waals surface area contributed by atoms with E-state index in [1.54, 1.807) is 18.4 Å². The van der Waals surface area contributed by atoms with E-state index in [2.05, 4.69) is 32.9 Å². The van der Waals surface area contributed by atoms with Crippen LogP contribution in [0.1, 0.15) is 53.6 Å². The normalized spacial score (nSPS) is 10.7. The van der Waals surface area contributed by atoms with Gasteiger partial charge in [0.05, 0.1) is 6.26 Å². The molecule has 0 amide bonds. The molecule has 0 saturated heterocycles. The summed E-state index contributed by atoms with van der Waals surface area (Å²) < 4.78 is 5.26. The number of carbonyl (C=O) groups excluding carboxylic acids is 1. The molecule has 2 nitrogen and oxygen atoms in total. The zero-order valence-electron chi connectivity index (χ0n) is 11.8. The Morgan fingerprint density at radius 1 is 1.05 bits per heavy atom. The van der Waals surface area contributed by atoms with Gasteiger partial charge in [0.15, 0.2) is 5.76 Å². The van der Waals surface area contributed by atoms with Gasteiger partial charge in [0, 0.05) is 5.56 Å². The molecular weight excluding hydrogens is 236 g/mol. The average Bonchev–Trinajstić information content (AvgIpc) is 2.99. The molecule has 0 aliphatic carbocycles. The number of furan rings is 1. The number of rotatable bonds is 5. The lowest BCUT2D eigenvalue weighted by molar-refractivity contribution is 0.101. The molecule has 19 heavy (non-hydrogen) atoms.